The number of nitro groups is 1. The topological polar surface area (TPSA) is 69.4 Å². The predicted molar refractivity (Wildman–Crippen MR) is 79.1 cm³/mol. The van der Waals surface area contributed by atoms with Crippen LogP contribution in [0.25, 0.3) is 0 Å². The van der Waals surface area contributed by atoms with Crippen LogP contribution < -0.4 is 4.74 Å². The lowest BCUT2D eigenvalue weighted by Crippen LogP contribution is -2.08. The van der Waals surface area contributed by atoms with Gasteiger partial charge < -0.3 is 4.74 Å². The lowest BCUT2D eigenvalue weighted by molar-refractivity contribution is -0.385. The molecule has 0 amide bonds. The standard InChI is InChI=1S/C15H12ClNO4/c1-21-14-8-3-2-5-10(14)9-13(18)15-11(16)6-4-7-12(15)17(19)20/h2-8H,9H2,1H3. The summed E-state index contributed by atoms with van der Waals surface area (Å²) in [5, 5.41) is 11.1. The van der Waals surface area contributed by atoms with Crippen LogP contribution in [0.1, 0.15) is 15.9 Å². The highest BCUT2D eigenvalue weighted by Gasteiger charge is 2.23. The zero-order valence-corrected chi connectivity index (χ0v) is 12.0. The number of rotatable bonds is 5. The number of ketones is 1. The molecule has 0 radical (unpaired) electrons. The van der Waals surface area contributed by atoms with Gasteiger partial charge in [0.1, 0.15) is 11.3 Å². The number of Topliss-reactive ketones (excluding diaryl/α,β-unsaturated/α-hetero) is 1. The Labute approximate surface area is 126 Å². The van der Waals surface area contributed by atoms with Crippen LogP contribution in [0.4, 0.5) is 5.69 Å². The Morgan fingerprint density at radius 2 is 1.95 bits per heavy atom. The highest BCUT2D eigenvalue weighted by Crippen LogP contribution is 2.29. The molecule has 0 spiro atoms. The third kappa shape index (κ3) is 3.20. The maximum absolute atomic E-state index is 12.4. The van der Waals surface area contributed by atoms with Gasteiger partial charge in [0.15, 0.2) is 5.78 Å². The molecular formula is C15H12ClNO4. The molecule has 2 rings (SSSR count). The van der Waals surface area contributed by atoms with Gasteiger partial charge in [0.05, 0.1) is 17.1 Å². The molecule has 2 aromatic rings. The van der Waals surface area contributed by atoms with Crippen LogP contribution in [0.3, 0.4) is 0 Å². The molecule has 0 fully saturated rings. The van der Waals surface area contributed by atoms with Gasteiger partial charge in [-0.25, -0.2) is 0 Å². The second-order valence-corrected chi connectivity index (χ2v) is 4.71. The molecular weight excluding hydrogens is 294 g/mol. The van der Waals surface area contributed by atoms with Crippen molar-refractivity contribution >= 4 is 23.1 Å². The molecule has 0 saturated carbocycles. The third-order valence-corrected chi connectivity index (χ3v) is 3.33. The van der Waals surface area contributed by atoms with Crippen LogP contribution >= 0.6 is 11.6 Å². The van der Waals surface area contributed by atoms with Crippen LogP contribution in [-0.2, 0) is 6.42 Å². The van der Waals surface area contributed by atoms with Crippen molar-refractivity contribution < 1.29 is 14.5 Å². The lowest BCUT2D eigenvalue weighted by atomic mass is 10.0. The Hall–Kier alpha value is -2.40. The van der Waals surface area contributed by atoms with Crippen LogP contribution in [0.5, 0.6) is 5.75 Å². The summed E-state index contributed by atoms with van der Waals surface area (Å²) in [5.74, 6) is 0.136. The monoisotopic (exact) mass is 305 g/mol. The van der Waals surface area contributed by atoms with Gasteiger partial charge in [-0.2, -0.15) is 0 Å². The maximum Gasteiger partial charge on any atom is 0.281 e. The van der Waals surface area contributed by atoms with E-state index in [1.807, 2.05) is 0 Å². The van der Waals surface area contributed by atoms with Crippen LogP contribution in [0.2, 0.25) is 5.02 Å². The summed E-state index contributed by atoms with van der Waals surface area (Å²) in [4.78, 5) is 22.8. The molecule has 0 aliphatic heterocycles. The van der Waals surface area contributed by atoms with Gasteiger partial charge >= 0.3 is 0 Å². The molecule has 0 aliphatic carbocycles. The van der Waals surface area contributed by atoms with E-state index in [9.17, 15) is 14.9 Å². The SMILES string of the molecule is COc1ccccc1CC(=O)c1c(Cl)cccc1[N+](=O)[O-]. The summed E-state index contributed by atoms with van der Waals surface area (Å²) in [6, 6.07) is 11.2. The minimum atomic E-state index is -0.610. The van der Waals surface area contributed by atoms with Gasteiger partial charge in [-0.3, -0.25) is 14.9 Å². The third-order valence-electron chi connectivity index (χ3n) is 3.01. The summed E-state index contributed by atoms with van der Waals surface area (Å²) < 4.78 is 5.17. The lowest BCUT2D eigenvalue weighted by Gasteiger charge is -2.08. The van der Waals surface area contributed by atoms with E-state index in [4.69, 9.17) is 16.3 Å². The summed E-state index contributed by atoms with van der Waals surface area (Å²) in [6.45, 7) is 0. The van der Waals surface area contributed by atoms with Gasteiger partial charge in [0.2, 0.25) is 0 Å². The van der Waals surface area contributed by atoms with Crippen molar-refractivity contribution in [2.45, 2.75) is 6.42 Å². The number of benzene rings is 2. The molecule has 0 unspecified atom stereocenters. The van der Waals surface area contributed by atoms with Crippen molar-refractivity contribution in [3.8, 4) is 5.75 Å². The van der Waals surface area contributed by atoms with Gasteiger partial charge in [-0.15, -0.1) is 0 Å². The second-order valence-electron chi connectivity index (χ2n) is 4.30. The summed E-state index contributed by atoms with van der Waals surface area (Å²) >= 11 is 5.95. The van der Waals surface area contributed by atoms with Gasteiger partial charge in [0.25, 0.3) is 5.69 Å². The largest absolute Gasteiger partial charge is 0.496 e. The zero-order chi connectivity index (χ0) is 15.4. The molecule has 0 aromatic heterocycles. The molecule has 0 saturated heterocycles. The number of hydrogen-bond acceptors (Lipinski definition) is 4. The molecule has 0 heterocycles. The Morgan fingerprint density at radius 1 is 1.24 bits per heavy atom. The van der Waals surface area contributed by atoms with E-state index in [0.29, 0.717) is 11.3 Å². The smallest absolute Gasteiger partial charge is 0.281 e. The van der Waals surface area contributed by atoms with Gasteiger partial charge in [0, 0.05) is 18.1 Å². The van der Waals surface area contributed by atoms with Crippen LogP contribution in [-0.4, -0.2) is 17.8 Å². The summed E-state index contributed by atoms with van der Waals surface area (Å²) in [7, 11) is 1.50. The predicted octanol–water partition coefficient (Wildman–Crippen LogP) is 3.68. The van der Waals surface area contributed by atoms with E-state index < -0.39 is 10.7 Å². The molecule has 0 aliphatic rings. The molecule has 21 heavy (non-hydrogen) atoms. The number of nitrogens with zero attached hydrogens (tertiary/aromatic N) is 1. The molecule has 0 atom stereocenters. The molecule has 0 bridgehead atoms. The van der Waals surface area contributed by atoms with Crippen molar-refractivity contribution in [1.82, 2.24) is 0 Å². The first-order valence-electron chi connectivity index (χ1n) is 6.12. The van der Waals surface area contributed by atoms with Crippen molar-refractivity contribution in [1.29, 1.82) is 0 Å². The first-order chi connectivity index (χ1) is 10.0. The Kier molecular flexibility index (Phi) is 4.55. The summed E-state index contributed by atoms with van der Waals surface area (Å²) in [6.07, 6.45) is -0.0193. The number of para-hydroxylation sites is 1. The Bertz CT molecular complexity index is 700. The van der Waals surface area contributed by atoms with Crippen molar-refractivity contribution in [3.05, 3.63) is 68.7 Å². The molecule has 2 aromatic carbocycles. The number of methoxy groups -OCH3 is 1. The maximum atomic E-state index is 12.4. The van der Waals surface area contributed by atoms with Crippen molar-refractivity contribution in [2.75, 3.05) is 7.11 Å². The van der Waals surface area contributed by atoms with E-state index in [1.165, 1.54) is 25.3 Å². The van der Waals surface area contributed by atoms with Crippen LogP contribution in [0, 0.1) is 10.1 Å². The number of carbonyl (C=O) groups is 1. The van der Waals surface area contributed by atoms with Gasteiger partial charge in [-0.05, 0) is 12.1 Å². The number of hydrogen-bond donors (Lipinski definition) is 0. The quantitative estimate of drug-likeness (QED) is 0.480. The Morgan fingerprint density at radius 3 is 2.62 bits per heavy atom. The Balaban J connectivity index is 2.39. The highest BCUT2D eigenvalue weighted by atomic mass is 35.5. The fourth-order valence-electron chi connectivity index (χ4n) is 2.05. The number of halogens is 1. The van der Waals surface area contributed by atoms with E-state index in [-0.39, 0.29) is 22.7 Å². The first kappa shape index (κ1) is 15.0. The van der Waals surface area contributed by atoms with Crippen molar-refractivity contribution in [2.24, 2.45) is 0 Å². The normalized spacial score (nSPS) is 10.2. The van der Waals surface area contributed by atoms with Crippen LogP contribution in [0.15, 0.2) is 42.5 Å². The molecule has 108 valence electrons. The minimum Gasteiger partial charge on any atom is -0.496 e. The number of carbonyl (C=O) groups excluding carboxylic acids is 1. The first-order valence-corrected chi connectivity index (χ1v) is 6.50. The average molecular weight is 306 g/mol. The van der Waals surface area contributed by atoms with E-state index in [0.717, 1.165) is 0 Å². The molecule has 6 heteroatoms. The fourth-order valence-corrected chi connectivity index (χ4v) is 2.33. The second kappa shape index (κ2) is 6.37. The van der Waals surface area contributed by atoms with E-state index in [2.05, 4.69) is 0 Å². The van der Waals surface area contributed by atoms with Crippen molar-refractivity contribution in [3.63, 3.8) is 0 Å². The summed E-state index contributed by atoms with van der Waals surface area (Å²) in [5.41, 5.74) is 0.289. The minimum absolute atomic E-state index is 0.0193. The fraction of sp³-hybridized carbons (Fsp3) is 0.133. The molecule has 5 nitrogen and oxygen atoms in total. The van der Waals surface area contributed by atoms with E-state index in [1.54, 1.807) is 24.3 Å². The zero-order valence-electron chi connectivity index (χ0n) is 11.2. The molecule has 0 N–H and O–H groups in total. The average Bonchev–Trinajstić information content (AvgIpc) is 2.47. The van der Waals surface area contributed by atoms with E-state index >= 15 is 0 Å². The number of ether oxygens (including phenoxy) is 1. The van der Waals surface area contributed by atoms with Gasteiger partial charge in [-0.1, -0.05) is 35.9 Å². The number of nitro benzene ring substituents is 1. The highest BCUT2D eigenvalue weighted by molar-refractivity contribution is 6.34.